The number of amides is 1. The highest BCUT2D eigenvalue weighted by Gasteiger charge is 2.21. The molecule has 0 aromatic heterocycles. The molecule has 0 aliphatic carbocycles. The van der Waals surface area contributed by atoms with Crippen LogP contribution in [-0.2, 0) is 10.2 Å². The van der Waals surface area contributed by atoms with Crippen molar-refractivity contribution < 1.29 is 9.53 Å². The van der Waals surface area contributed by atoms with Crippen LogP contribution in [0.15, 0.2) is 29.3 Å². The number of halogens is 1. The van der Waals surface area contributed by atoms with Gasteiger partial charge in [0.25, 0.3) is 0 Å². The molecule has 0 saturated carbocycles. The number of hydrogen-bond donors (Lipinski definition) is 3. The lowest BCUT2D eigenvalue weighted by atomic mass is 9.84. The highest BCUT2D eigenvalue weighted by atomic mass is 127. The number of guanidine groups is 1. The zero-order valence-corrected chi connectivity index (χ0v) is 19.9. The molecule has 7 heteroatoms. The van der Waals surface area contributed by atoms with E-state index in [1.54, 1.807) is 7.11 Å². The van der Waals surface area contributed by atoms with E-state index in [2.05, 4.69) is 46.9 Å². The van der Waals surface area contributed by atoms with Crippen LogP contribution in [0.5, 0.6) is 5.75 Å². The first-order valence-electron chi connectivity index (χ1n) is 9.05. The Balaban J connectivity index is 0.00000676. The van der Waals surface area contributed by atoms with Crippen molar-refractivity contribution in [2.75, 3.05) is 26.7 Å². The number of carbonyl (C=O) groups excluding carboxylic acids is 1. The van der Waals surface area contributed by atoms with Crippen molar-refractivity contribution in [3.8, 4) is 5.75 Å². The second-order valence-corrected chi connectivity index (χ2v) is 7.96. The molecule has 0 radical (unpaired) electrons. The molecule has 6 nitrogen and oxygen atoms in total. The number of aliphatic imine (C=N–C) groups is 1. The first kappa shape index (κ1) is 25.5. The Bertz CT molecular complexity index is 607. The molecule has 1 rings (SSSR count). The third-order valence-corrected chi connectivity index (χ3v) is 3.81. The van der Waals surface area contributed by atoms with Crippen molar-refractivity contribution in [2.45, 2.75) is 52.5 Å². The van der Waals surface area contributed by atoms with E-state index >= 15 is 0 Å². The molecule has 27 heavy (non-hydrogen) atoms. The summed E-state index contributed by atoms with van der Waals surface area (Å²) >= 11 is 0. The summed E-state index contributed by atoms with van der Waals surface area (Å²) < 4.78 is 5.22. The van der Waals surface area contributed by atoms with Crippen LogP contribution in [0.4, 0.5) is 0 Å². The summed E-state index contributed by atoms with van der Waals surface area (Å²) in [6.45, 7) is 13.7. The molecule has 0 unspecified atom stereocenters. The van der Waals surface area contributed by atoms with Gasteiger partial charge in [-0.15, -0.1) is 24.0 Å². The zero-order chi connectivity index (χ0) is 19.8. The monoisotopic (exact) mass is 490 g/mol. The normalized spacial score (nSPS) is 12.0. The van der Waals surface area contributed by atoms with E-state index < -0.39 is 0 Å². The quantitative estimate of drug-likeness (QED) is 0.312. The Morgan fingerprint density at radius 1 is 1.07 bits per heavy atom. The van der Waals surface area contributed by atoms with E-state index in [9.17, 15) is 4.79 Å². The molecule has 0 fully saturated rings. The van der Waals surface area contributed by atoms with Gasteiger partial charge in [0.05, 0.1) is 7.11 Å². The Kier molecular flexibility index (Phi) is 10.7. The second kappa shape index (κ2) is 11.4. The van der Waals surface area contributed by atoms with Crippen molar-refractivity contribution in [3.05, 3.63) is 29.8 Å². The lowest BCUT2D eigenvalue weighted by Gasteiger charge is -2.27. The van der Waals surface area contributed by atoms with Gasteiger partial charge >= 0.3 is 0 Å². The topological polar surface area (TPSA) is 74.8 Å². The van der Waals surface area contributed by atoms with Crippen molar-refractivity contribution in [1.29, 1.82) is 0 Å². The van der Waals surface area contributed by atoms with E-state index in [4.69, 9.17) is 4.74 Å². The molecule has 0 spiro atoms. The lowest BCUT2D eigenvalue weighted by molar-refractivity contribution is -0.121. The minimum atomic E-state index is -0.255. The van der Waals surface area contributed by atoms with E-state index in [0.29, 0.717) is 12.5 Å². The van der Waals surface area contributed by atoms with Gasteiger partial charge in [-0.2, -0.15) is 0 Å². The summed E-state index contributed by atoms with van der Waals surface area (Å²) in [5.41, 5.74) is 0.845. The molecule has 0 bridgehead atoms. The van der Waals surface area contributed by atoms with E-state index in [1.807, 2.05) is 39.8 Å². The van der Waals surface area contributed by atoms with Gasteiger partial charge in [-0.25, -0.2) is 4.99 Å². The van der Waals surface area contributed by atoms with Gasteiger partial charge < -0.3 is 20.7 Å². The van der Waals surface area contributed by atoms with Crippen LogP contribution in [0.25, 0.3) is 0 Å². The van der Waals surface area contributed by atoms with Crippen molar-refractivity contribution in [1.82, 2.24) is 16.0 Å². The molecule has 1 aromatic rings. The molecule has 0 heterocycles. The third-order valence-electron chi connectivity index (χ3n) is 3.81. The minimum Gasteiger partial charge on any atom is -0.497 e. The molecule has 0 atom stereocenters. The van der Waals surface area contributed by atoms with E-state index in [1.165, 1.54) is 5.56 Å². The number of hydrogen-bond acceptors (Lipinski definition) is 3. The first-order valence-corrected chi connectivity index (χ1v) is 9.05. The van der Waals surface area contributed by atoms with Gasteiger partial charge in [0.15, 0.2) is 5.96 Å². The Hall–Kier alpha value is -1.51. The predicted octanol–water partition coefficient (Wildman–Crippen LogP) is 3.06. The van der Waals surface area contributed by atoms with Gasteiger partial charge in [-0.3, -0.25) is 4.79 Å². The van der Waals surface area contributed by atoms with Gasteiger partial charge in [-0.1, -0.05) is 26.0 Å². The van der Waals surface area contributed by atoms with Crippen molar-refractivity contribution >= 4 is 35.8 Å². The summed E-state index contributed by atoms with van der Waals surface area (Å²) in [5, 5.41) is 9.43. The zero-order valence-electron chi connectivity index (χ0n) is 17.6. The summed E-state index contributed by atoms with van der Waals surface area (Å²) in [4.78, 5) is 16.3. The smallest absolute Gasteiger partial charge is 0.242 e. The maximum Gasteiger partial charge on any atom is 0.242 e. The van der Waals surface area contributed by atoms with Crippen LogP contribution in [0.2, 0.25) is 0 Å². The molecule has 0 saturated heterocycles. The molecule has 0 aliphatic rings. The fourth-order valence-electron chi connectivity index (χ4n) is 2.40. The summed E-state index contributed by atoms with van der Waals surface area (Å²) in [6, 6.07) is 8.07. The molecule has 0 aliphatic heterocycles. The molecular formula is C20H35IN4O2. The molecule has 1 aromatic carbocycles. The highest BCUT2D eigenvalue weighted by molar-refractivity contribution is 14.0. The maximum absolute atomic E-state index is 12.0. The fraction of sp³-hybridized carbons (Fsp3) is 0.600. The lowest BCUT2D eigenvalue weighted by Crippen LogP contribution is -2.45. The minimum absolute atomic E-state index is 0. The number of nitrogens with zero attached hydrogens (tertiary/aromatic N) is 1. The van der Waals surface area contributed by atoms with Gasteiger partial charge in [-0.05, 0) is 45.4 Å². The van der Waals surface area contributed by atoms with Crippen LogP contribution in [-0.4, -0.2) is 44.1 Å². The number of benzene rings is 1. The fourth-order valence-corrected chi connectivity index (χ4v) is 2.40. The Morgan fingerprint density at radius 2 is 1.67 bits per heavy atom. The van der Waals surface area contributed by atoms with Crippen LogP contribution >= 0.6 is 24.0 Å². The number of rotatable bonds is 7. The standard InChI is InChI=1S/C20H34N4O2.HI/c1-8-21-18(22-13-17(25)24-19(2,3)4)23-14-20(5,6)15-9-11-16(26-7)12-10-15;/h9-12H,8,13-14H2,1-7H3,(H,24,25)(H2,21,22,23);1H. The van der Waals surface area contributed by atoms with Gasteiger partial charge in [0.1, 0.15) is 12.3 Å². The number of ether oxygens (including phenoxy) is 1. The van der Waals surface area contributed by atoms with E-state index in [0.717, 1.165) is 12.3 Å². The molecule has 3 N–H and O–H groups in total. The average Bonchev–Trinajstić information content (AvgIpc) is 2.56. The summed E-state index contributed by atoms with van der Waals surface area (Å²) in [6.07, 6.45) is 0. The first-order chi connectivity index (χ1) is 12.1. The largest absolute Gasteiger partial charge is 0.497 e. The third kappa shape index (κ3) is 9.83. The van der Waals surface area contributed by atoms with Crippen LogP contribution in [0.1, 0.15) is 47.1 Å². The highest BCUT2D eigenvalue weighted by Crippen LogP contribution is 2.24. The van der Waals surface area contributed by atoms with Crippen LogP contribution in [0.3, 0.4) is 0 Å². The maximum atomic E-state index is 12.0. The second-order valence-electron chi connectivity index (χ2n) is 7.96. The Labute approximate surface area is 181 Å². The van der Waals surface area contributed by atoms with E-state index in [-0.39, 0.29) is 47.4 Å². The molecule has 1 amide bonds. The van der Waals surface area contributed by atoms with Gasteiger partial charge in [0, 0.05) is 24.0 Å². The predicted molar refractivity (Wildman–Crippen MR) is 123 cm³/mol. The van der Waals surface area contributed by atoms with Gasteiger partial charge in [0.2, 0.25) is 5.91 Å². The SMILES string of the molecule is CCNC(=NCC(=O)NC(C)(C)C)NCC(C)(C)c1ccc(OC)cc1.I. The van der Waals surface area contributed by atoms with Crippen molar-refractivity contribution in [2.24, 2.45) is 4.99 Å². The number of nitrogens with one attached hydrogen (secondary N) is 3. The number of carbonyl (C=O) groups is 1. The number of methoxy groups -OCH3 is 1. The summed E-state index contributed by atoms with van der Waals surface area (Å²) in [5.74, 6) is 1.39. The molecule has 154 valence electrons. The van der Waals surface area contributed by atoms with Crippen molar-refractivity contribution in [3.63, 3.8) is 0 Å². The Morgan fingerprint density at radius 3 is 2.15 bits per heavy atom. The molecular weight excluding hydrogens is 455 g/mol. The summed E-state index contributed by atoms with van der Waals surface area (Å²) in [7, 11) is 1.66. The average molecular weight is 490 g/mol. The van der Waals surface area contributed by atoms with Crippen LogP contribution < -0.4 is 20.7 Å². The van der Waals surface area contributed by atoms with Crippen LogP contribution in [0, 0.1) is 0 Å².